The molecule has 0 aromatic heterocycles. The van der Waals surface area contributed by atoms with Crippen LogP contribution in [0.5, 0.6) is 5.75 Å². The fourth-order valence-corrected chi connectivity index (χ4v) is 11.4. The molecule has 13 heteroatoms. The molecular formula is C28H28F5NO5S2. The predicted octanol–water partition coefficient (Wildman–Crippen LogP) is 5.65. The summed E-state index contributed by atoms with van der Waals surface area (Å²) in [6.45, 7) is 6.98. The Morgan fingerprint density at radius 2 is 1.63 bits per heavy atom. The molecule has 2 aliphatic heterocycles. The van der Waals surface area contributed by atoms with E-state index in [4.69, 9.17) is 4.74 Å². The molecule has 6 nitrogen and oxygen atoms in total. The Balaban J connectivity index is 1.74. The maximum Gasteiger partial charge on any atom is 0.416 e. The van der Waals surface area contributed by atoms with Crippen LogP contribution < -0.4 is 9.46 Å². The van der Waals surface area contributed by atoms with E-state index in [1.54, 1.807) is 0 Å². The first-order valence-corrected chi connectivity index (χ1v) is 15.9. The van der Waals surface area contributed by atoms with Gasteiger partial charge in [-0.3, -0.25) is 0 Å². The first-order chi connectivity index (χ1) is 19.1. The molecule has 2 aromatic carbocycles. The van der Waals surface area contributed by atoms with Crippen molar-refractivity contribution in [1.82, 2.24) is 4.72 Å². The minimum Gasteiger partial charge on any atom is -0.490 e. The molecule has 41 heavy (non-hydrogen) atoms. The van der Waals surface area contributed by atoms with Gasteiger partial charge in [0, 0.05) is 12.0 Å². The minimum absolute atomic E-state index is 0.0172. The summed E-state index contributed by atoms with van der Waals surface area (Å²) < 4.78 is 131. The fourth-order valence-electron chi connectivity index (χ4n) is 7.00. The average Bonchev–Trinajstić information content (AvgIpc) is 2.90. The van der Waals surface area contributed by atoms with E-state index in [9.17, 15) is 34.4 Å². The van der Waals surface area contributed by atoms with Crippen molar-refractivity contribution in [2.24, 2.45) is 11.8 Å². The Bertz CT molecular complexity index is 1600. The van der Waals surface area contributed by atoms with Crippen molar-refractivity contribution in [3.05, 3.63) is 84.5 Å². The van der Waals surface area contributed by atoms with E-state index >= 15 is 4.39 Å². The highest BCUT2D eigenvalue weighted by Crippen LogP contribution is 2.60. The molecule has 0 unspecified atom stereocenters. The van der Waals surface area contributed by atoms with Crippen molar-refractivity contribution in [1.29, 1.82) is 0 Å². The maximum atomic E-state index is 15.7. The van der Waals surface area contributed by atoms with Crippen molar-refractivity contribution >= 4 is 19.9 Å². The summed E-state index contributed by atoms with van der Waals surface area (Å²) in [6.07, 6.45) is -2.21. The van der Waals surface area contributed by atoms with Crippen LogP contribution in [0.25, 0.3) is 0 Å². The van der Waals surface area contributed by atoms with Gasteiger partial charge in [0.05, 0.1) is 27.4 Å². The molecule has 3 aliphatic rings. The second-order valence-corrected chi connectivity index (χ2v) is 15.2. The molecule has 222 valence electrons. The SMILES string of the molecule is C=CCC1(CC=C)C[C@@H]2[C@@H](CC[C@@]3(S(=O)(=O)c4ccc(C(F)(F)F)cc4)c4c(F)ccc(F)c4OC[C@@H]23)NS1(=O)=O. The summed E-state index contributed by atoms with van der Waals surface area (Å²) in [5, 5.41) is 0. The number of allylic oxidation sites excluding steroid dienone is 2. The van der Waals surface area contributed by atoms with Gasteiger partial charge in [-0.15, -0.1) is 13.2 Å². The normalized spacial score (nSPS) is 28.4. The van der Waals surface area contributed by atoms with Crippen molar-refractivity contribution in [3.63, 3.8) is 0 Å². The topological polar surface area (TPSA) is 89.5 Å². The maximum absolute atomic E-state index is 15.7. The molecule has 2 heterocycles. The summed E-state index contributed by atoms with van der Waals surface area (Å²) in [4.78, 5) is -0.495. The monoisotopic (exact) mass is 617 g/mol. The third-order valence-electron chi connectivity index (χ3n) is 8.84. The van der Waals surface area contributed by atoms with E-state index < -0.39 is 86.8 Å². The van der Waals surface area contributed by atoms with Crippen molar-refractivity contribution in [3.8, 4) is 5.75 Å². The lowest BCUT2D eigenvalue weighted by Crippen LogP contribution is -2.66. The van der Waals surface area contributed by atoms with Crippen LogP contribution in [-0.2, 0) is 30.8 Å². The number of fused-ring (bicyclic) bond motifs is 5. The van der Waals surface area contributed by atoms with Gasteiger partial charge in [-0.05, 0) is 74.4 Å². The van der Waals surface area contributed by atoms with Crippen LogP contribution in [0.4, 0.5) is 22.0 Å². The van der Waals surface area contributed by atoms with E-state index in [-0.39, 0.29) is 38.7 Å². The largest absolute Gasteiger partial charge is 0.490 e. The van der Waals surface area contributed by atoms with Crippen LogP contribution in [0.1, 0.15) is 43.2 Å². The molecule has 1 saturated carbocycles. The van der Waals surface area contributed by atoms with Gasteiger partial charge in [0.2, 0.25) is 10.0 Å². The fraction of sp³-hybridized carbons (Fsp3) is 0.429. The molecule has 1 N–H and O–H groups in total. The number of sulfone groups is 1. The zero-order chi connectivity index (χ0) is 30.0. The third-order valence-corrected chi connectivity index (χ3v) is 13.7. The molecular weight excluding hydrogens is 589 g/mol. The number of ether oxygens (including phenoxy) is 1. The van der Waals surface area contributed by atoms with E-state index in [0.717, 1.165) is 24.3 Å². The number of benzene rings is 2. The molecule has 2 aromatic rings. The van der Waals surface area contributed by atoms with Crippen molar-refractivity contribution in [2.75, 3.05) is 6.61 Å². The number of sulfonamides is 1. The van der Waals surface area contributed by atoms with E-state index in [0.29, 0.717) is 12.1 Å². The van der Waals surface area contributed by atoms with Crippen molar-refractivity contribution in [2.45, 2.75) is 58.7 Å². The zero-order valence-electron chi connectivity index (χ0n) is 21.8. The molecule has 0 radical (unpaired) electrons. The standard InChI is InChI=1S/C28H28F5NO5S2/c1-3-12-26(13-4-2)15-19-20-16-39-25-22(30)10-9-21(29)24(25)27(20,14-11-23(19)34-41(26,37)38)40(35,36)18-7-5-17(6-8-18)28(31,32)33/h3-10,19-20,23,34H,1-2,11-16H2/t19-,20-,23+,27-/m0/s1. The van der Waals surface area contributed by atoms with Crippen LogP contribution in [-0.4, -0.2) is 34.2 Å². The van der Waals surface area contributed by atoms with Gasteiger partial charge < -0.3 is 4.74 Å². The van der Waals surface area contributed by atoms with Crippen molar-refractivity contribution < 1.29 is 43.5 Å². The highest BCUT2D eigenvalue weighted by molar-refractivity contribution is 7.92. The second-order valence-electron chi connectivity index (χ2n) is 10.9. The highest BCUT2D eigenvalue weighted by Gasteiger charge is 2.66. The van der Waals surface area contributed by atoms with Crippen LogP contribution in [0, 0.1) is 23.5 Å². The second kappa shape index (κ2) is 9.91. The van der Waals surface area contributed by atoms with E-state index in [1.165, 1.54) is 12.2 Å². The number of nitrogens with one attached hydrogen (secondary N) is 1. The zero-order valence-corrected chi connectivity index (χ0v) is 23.4. The summed E-state index contributed by atoms with van der Waals surface area (Å²) in [5.74, 6) is -4.39. The lowest BCUT2D eigenvalue weighted by Gasteiger charge is -2.56. The smallest absolute Gasteiger partial charge is 0.416 e. The van der Waals surface area contributed by atoms with Gasteiger partial charge in [-0.1, -0.05) is 12.2 Å². The average molecular weight is 618 g/mol. The number of hydrogen-bond acceptors (Lipinski definition) is 5. The Labute approximate surface area is 235 Å². The molecule has 1 saturated heterocycles. The van der Waals surface area contributed by atoms with Crippen LogP contribution in [0.2, 0.25) is 0 Å². The quantitative estimate of drug-likeness (QED) is 0.334. The summed E-state index contributed by atoms with van der Waals surface area (Å²) in [5.41, 5.74) is -1.60. The molecule has 0 bridgehead atoms. The lowest BCUT2D eigenvalue weighted by atomic mass is 9.63. The van der Waals surface area contributed by atoms with E-state index in [1.807, 2.05) is 0 Å². The van der Waals surface area contributed by atoms with Gasteiger partial charge in [-0.25, -0.2) is 30.3 Å². The minimum atomic E-state index is -4.72. The van der Waals surface area contributed by atoms with Crippen LogP contribution >= 0.6 is 0 Å². The van der Waals surface area contributed by atoms with E-state index in [2.05, 4.69) is 17.9 Å². The Hall–Kier alpha value is -2.77. The molecule has 1 aliphatic carbocycles. The molecule has 4 atom stereocenters. The Morgan fingerprint density at radius 3 is 2.22 bits per heavy atom. The Morgan fingerprint density at radius 1 is 1.02 bits per heavy atom. The van der Waals surface area contributed by atoms with Gasteiger partial charge in [-0.2, -0.15) is 13.2 Å². The summed E-state index contributed by atoms with van der Waals surface area (Å²) >= 11 is 0. The first kappa shape index (κ1) is 29.7. The summed E-state index contributed by atoms with van der Waals surface area (Å²) in [6, 6.07) is 3.74. The molecule has 5 rings (SSSR count). The number of hydrogen-bond donors (Lipinski definition) is 1. The number of rotatable bonds is 6. The third kappa shape index (κ3) is 4.34. The Kier molecular flexibility index (Phi) is 7.18. The van der Waals surface area contributed by atoms with Crippen LogP contribution in [0.3, 0.4) is 0 Å². The molecule has 0 amide bonds. The first-order valence-electron chi connectivity index (χ1n) is 12.9. The van der Waals surface area contributed by atoms with Crippen LogP contribution in [0.15, 0.2) is 66.6 Å². The molecule has 2 fully saturated rings. The highest BCUT2D eigenvalue weighted by atomic mass is 32.2. The number of alkyl halides is 3. The summed E-state index contributed by atoms with van der Waals surface area (Å²) in [7, 11) is -8.65. The van der Waals surface area contributed by atoms with Gasteiger partial charge in [0.25, 0.3) is 0 Å². The van der Waals surface area contributed by atoms with Gasteiger partial charge in [0.1, 0.15) is 10.6 Å². The van der Waals surface area contributed by atoms with Gasteiger partial charge in [0.15, 0.2) is 21.4 Å². The van der Waals surface area contributed by atoms with Gasteiger partial charge >= 0.3 is 6.18 Å². The lowest BCUT2D eigenvalue weighted by molar-refractivity contribution is -0.137. The predicted molar refractivity (Wildman–Crippen MR) is 141 cm³/mol. The number of halogens is 5. The molecule has 0 spiro atoms.